The molecular weight excluding hydrogens is 701 g/mol. The first-order valence-corrected chi connectivity index (χ1v) is 19.0. The van der Waals surface area contributed by atoms with E-state index in [2.05, 4.69) is 126 Å². The number of hydrogen-bond acceptors (Lipinski definition) is 5. The zero-order chi connectivity index (χ0) is 37.5. The number of aromatic nitrogens is 4. The molecule has 0 amide bonds. The summed E-state index contributed by atoms with van der Waals surface area (Å²) in [7, 11) is 0. The monoisotopic (exact) mass is 730 g/mol. The molecule has 0 unspecified atom stereocenters. The summed E-state index contributed by atoms with van der Waals surface area (Å²) >= 11 is 0. The highest BCUT2D eigenvalue weighted by Gasteiger charge is 2.20. The summed E-state index contributed by atoms with van der Waals surface area (Å²) in [6.07, 6.45) is 0. The molecule has 266 valence electrons. The second-order valence-corrected chi connectivity index (χ2v) is 14.4. The maximum atomic E-state index is 6.50. The Kier molecular flexibility index (Phi) is 6.83. The normalized spacial score (nSPS) is 11.9. The van der Waals surface area contributed by atoms with Gasteiger partial charge < -0.3 is 13.4 Å². The Balaban J connectivity index is 1.08. The van der Waals surface area contributed by atoms with Gasteiger partial charge in [0.2, 0.25) is 0 Å². The minimum absolute atomic E-state index is 0.534. The molecule has 0 aliphatic heterocycles. The van der Waals surface area contributed by atoms with Gasteiger partial charge in [-0.3, -0.25) is 0 Å². The first-order valence-electron chi connectivity index (χ1n) is 19.0. The average Bonchev–Trinajstić information content (AvgIpc) is 3.96. The Morgan fingerprint density at radius 1 is 0.333 bits per heavy atom. The Morgan fingerprint density at radius 3 is 1.77 bits per heavy atom. The second-order valence-electron chi connectivity index (χ2n) is 14.4. The molecule has 6 heteroatoms. The first kappa shape index (κ1) is 31.5. The molecule has 0 spiro atoms. The second kappa shape index (κ2) is 12.3. The lowest BCUT2D eigenvalue weighted by molar-refractivity contribution is 0.669. The van der Waals surface area contributed by atoms with E-state index in [0.717, 1.165) is 82.9 Å². The van der Waals surface area contributed by atoms with E-state index in [0.29, 0.717) is 17.5 Å². The molecule has 0 radical (unpaired) electrons. The molecule has 6 nitrogen and oxygen atoms in total. The zero-order valence-electron chi connectivity index (χ0n) is 30.4. The van der Waals surface area contributed by atoms with Crippen LogP contribution in [0.15, 0.2) is 191 Å². The number of benzene rings is 8. The van der Waals surface area contributed by atoms with Crippen LogP contribution in [0.3, 0.4) is 0 Å². The van der Waals surface area contributed by atoms with Crippen LogP contribution in [0.1, 0.15) is 0 Å². The van der Waals surface area contributed by atoms with Crippen molar-refractivity contribution in [3.63, 3.8) is 0 Å². The standard InChI is InChI=1S/C51H30N4O2/c1-2-12-31(13-3-1)32-24-26-37-36-16-4-7-21-43(36)55(44(37)30-32)35-15-10-14-33(28-35)49-52-50(34-25-27-47-42(29-34)39-18-6-8-22-45(39)56-47)54-51(53-49)41-20-11-19-40-38-17-5-9-23-46(38)57-48(40)41/h1-30H. The van der Waals surface area contributed by atoms with Crippen LogP contribution in [-0.2, 0) is 0 Å². The summed E-state index contributed by atoms with van der Waals surface area (Å²) in [5, 5.41) is 6.51. The smallest absolute Gasteiger partial charge is 0.167 e. The molecule has 0 aliphatic carbocycles. The van der Waals surface area contributed by atoms with Crippen molar-refractivity contribution in [3.05, 3.63) is 182 Å². The van der Waals surface area contributed by atoms with Crippen molar-refractivity contribution in [2.24, 2.45) is 0 Å². The largest absolute Gasteiger partial charge is 0.456 e. The SMILES string of the molecule is c1ccc(-c2ccc3c4ccccc4n(-c4cccc(-c5nc(-c6ccc7oc8ccccc8c7c6)nc(-c6cccc7c6oc6ccccc67)n5)c4)c3c2)cc1. The molecule has 0 aliphatic rings. The molecule has 4 aromatic heterocycles. The molecular formula is C51H30N4O2. The summed E-state index contributed by atoms with van der Waals surface area (Å²) in [6, 6.07) is 62.9. The van der Waals surface area contributed by atoms with E-state index in [-0.39, 0.29) is 0 Å². The third-order valence-corrected chi connectivity index (χ3v) is 11.1. The molecule has 57 heavy (non-hydrogen) atoms. The van der Waals surface area contributed by atoms with Crippen molar-refractivity contribution < 1.29 is 8.83 Å². The number of hydrogen-bond donors (Lipinski definition) is 0. The van der Waals surface area contributed by atoms with Crippen molar-refractivity contribution in [3.8, 4) is 51.0 Å². The van der Waals surface area contributed by atoms with E-state index in [9.17, 15) is 0 Å². The number of para-hydroxylation sites is 4. The van der Waals surface area contributed by atoms with Gasteiger partial charge in [-0.25, -0.2) is 15.0 Å². The number of furan rings is 2. The zero-order valence-corrected chi connectivity index (χ0v) is 30.4. The van der Waals surface area contributed by atoms with Gasteiger partial charge in [-0.1, -0.05) is 121 Å². The molecule has 8 aromatic carbocycles. The molecule has 0 saturated carbocycles. The highest BCUT2D eigenvalue weighted by Crippen LogP contribution is 2.39. The van der Waals surface area contributed by atoms with Crippen LogP contribution in [0.5, 0.6) is 0 Å². The molecule has 0 atom stereocenters. The van der Waals surface area contributed by atoms with Gasteiger partial charge in [-0.2, -0.15) is 0 Å². The Bertz CT molecular complexity index is 3540. The molecule has 0 fully saturated rings. The minimum atomic E-state index is 0.534. The quantitative estimate of drug-likeness (QED) is 0.176. The Morgan fingerprint density at radius 2 is 0.930 bits per heavy atom. The van der Waals surface area contributed by atoms with Gasteiger partial charge in [0.1, 0.15) is 22.3 Å². The Hall–Kier alpha value is -7.83. The summed E-state index contributed by atoms with van der Waals surface area (Å²) in [5.41, 5.74) is 11.4. The molecule has 0 bridgehead atoms. The fourth-order valence-corrected chi connectivity index (χ4v) is 8.39. The fourth-order valence-electron chi connectivity index (χ4n) is 8.39. The van der Waals surface area contributed by atoms with Crippen LogP contribution in [0.4, 0.5) is 0 Å². The summed E-state index contributed by atoms with van der Waals surface area (Å²) < 4.78 is 15.0. The van der Waals surface area contributed by atoms with Crippen LogP contribution >= 0.6 is 0 Å². The van der Waals surface area contributed by atoms with Gasteiger partial charge >= 0.3 is 0 Å². The summed E-state index contributed by atoms with van der Waals surface area (Å²) in [6.45, 7) is 0. The molecule has 0 saturated heterocycles. The van der Waals surface area contributed by atoms with Gasteiger partial charge in [0.25, 0.3) is 0 Å². The van der Waals surface area contributed by atoms with E-state index in [4.69, 9.17) is 23.8 Å². The lowest BCUT2D eigenvalue weighted by Crippen LogP contribution is -2.01. The van der Waals surface area contributed by atoms with Crippen molar-refractivity contribution in [1.29, 1.82) is 0 Å². The predicted molar refractivity (Wildman–Crippen MR) is 230 cm³/mol. The molecule has 0 N–H and O–H groups in total. The molecule has 12 rings (SSSR count). The van der Waals surface area contributed by atoms with Crippen LogP contribution in [0, 0.1) is 0 Å². The van der Waals surface area contributed by atoms with Crippen molar-refractivity contribution in [1.82, 2.24) is 19.5 Å². The summed E-state index contributed by atoms with van der Waals surface area (Å²) in [5.74, 6) is 1.66. The van der Waals surface area contributed by atoms with E-state index < -0.39 is 0 Å². The predicted octanol–water partition coefficient (Wildman–Crippen LogP) is 13.4. The highest BCUT2D eigenvalue weighted by atomic mass is 16.3. The Labute approximate surface area is 325 Å². The van der Waals surface area contributed by atoms with Crippen LogP contribution < -0.4 is 0 Å². The third kappa shape index (κ3) is 5.01. The van der Waals surface area contributed by atoms with Crippen LogP contribution in [-0.4, -0.2) is 19.5 Å². The van der Waals surface area contributed by atoms with Crippen LogP contribution in [0.2, 0.25) is 0 Å². The topological polar surface area (TPSA) is 69.9 Å². The van der Waals surface area contributed by atoms with E-state index in [1.807, 2.05) is 60.7 Å². The number of rotatable bonds is 5. The third-order valence-electron chi connectivity index (χ3n) is 11.1. The van der Waals surface area contributed by atoms with E-state index in [1.54, 1.807) is 0 Å². The first-order chi connectivity index (χ1) is 28.2. The number of nitrogens with zero attached hydrogens (tertiary/aromatic N) is 4. The minimum Gasteiger partial charge on any atom is -0.456 e. The van der Waals surface area contributed by atoms with Gasteiger partial charge in [0, 0.05) is 49.1 Å². The van der Waals surface area contributed by atoms with Crippen LogP contribution in [0.25, 0.3) is 117 Å². The number of fused-ring (bicyclic) bond motifs is 9. The van der Waals surface area contributed by atoms with Gasteiger partial charge in [0.15, 0.2) is 17.5 Å². The summed E-state index contributed by atoms with van der Waals surface area (Å²) in [4.78, 5) is 15.6. The molecule has 4 heterocycles. The van der Waals surface area contributed by atoms with Gasteiger partial charge in [-0.05, 0) is 71.8 Å². The lowest BCUT2D eigenvalue weighted by atomic mass is 10.0. The van der Waals surface area contributed by atoms with Gasteiger partial charge in [-0.15, -0.1) is 0 Å². The maximum Gasteiger partial charge on any atom is 0.167 e. The fraction of sp³-hybridized carbons (Fsp3) is 0. The van der Waals surface area contributed by atoms with Crippen molar-refractivity contribution >= 4 is 65.7 Å². The van der Waals surface area contributed by atoms with E-state index >= 15 is 0 Å². The average molecular weight is 731 g/mol. The van der Waals surface area contributed by atoms with Crippen molar-refractivity contribution in [2.45, 2.75) is 0 Å². The molecule has 12 aromatic rings. The lowest BCUT2D eigenvalue weighted by Gasteiger charge is -2.12. The van der Waals surface area contributed by atoms with Gasteiger partial charge in [0.05, 0.1) is 16.6 Å². The van der Waals surface area contributed by atoms with Crippen molar-refractivity contribution in [2.75, 3.05) is 0 Å². The maximum absolute atomic E-state index is 6.50. The van der Waals surface area contributed by atoms with E-state index in [1.165, 1.54) is 16.3 Å². The highest BCUT2D eigenvalue weighted by molar-refractivity contribution is 6.11.